The first-order valence-corrected chi connectivity index (χ1v) is 6.32. The second-order valence-corrected chi connectivity index (χ2v) is 5.57. The van der Waals surface area contributed by atoms with Crippen LogP contribution in [0.25, 0.3) is 0 Å². The van der Waals surface area contributed by atoms with Crippen LogP contribution in [0.4, 0.5) is 0 Å². The van der Waals surface area contributed by atoms with E-state index in [4.69, 9.17) is 10.5 Å². The van der Waals surface area contributed by atoms with E-state index in [1.54, 1.807) is 0 Å². The van der Waals surface area contributed by atoms with Gasteiger partial charge in [-0.05, 0) is 32.6 Å². The Balaban J connectivity index is 2.00. The highest BCUT2D eigenvalue weighted by atomic mass is 16.5. The van der Waals surface area contributed by atoms with Crippen molar-refractivity contribution >= 4 is 5.97 Å². The van der Waals surface area contributed by atoms with Gasteiger partial charge in [0.05, 0.1) is 12.2 Å². The number of nitrogens with two attached hydrogens (primary N) is 1. The van der Waals surface area contributed by atoms with Crippen molar-refractivity contribution in [2.24, 2.45) is 11.7 Å². The van der Waals surface area contributed by atoms with Gasteiger partial charge < -0.3 is 15.6 Å². The third-order valence-electron chi connectivity index (χ3n) is 3.68. The molecular formula is C12H22N2O3. The van der Waals surface area contributed by atoms with Gasteiger partial charge in [0, 0.05) is 19.6 Å². The number of hydrogen-bond acceptors (Lipinski definition) is 4. The fraction of sp³-hybridized carbons (Fsp3) is 0.917. The minimum absolute atomic E-state index is 0.147. The van der Waals surface area contributed by atoms with Crippen LogP contribution in [-0.4, -0.2) is 53.4 Å². The maximum absolute atomic E-state index is 11.4. The number of carbonyl (C=O) groups is 1. The quantitative estimate of drug-likeness (QED) is 0.741. The van der Waals surface area contributed by atoms with E-state index < -0.39 is 11.5 Å². The summed E-state index contributed by atoms with van der Waals surface area (Å²) in [7, 11) is 0. The average molecular weight is 242 g/mol. The van der Waals surface area contributed by atoms with E-state index in [9.17, 15) is 9.90 Å². The first-order valence-electron chi connectivity index (χ1n) is 6.32. The van der Waals surface area contributed by atoms with Crippen molar-refractivity contribution in [3.05, 3.63) is 0 Å². The second kappa shape index (κ2) is 4.55. The topological polar surface area (TPSA) is 75.8 Å². The molecule has 0 radical (unpaired) electrons. The molecule has 0 aromatic heterocycles. The number of morpholine rings is 1. The van der Waals surface area contributed by atoms with Crippen LogP contribution in [0.2, 0.25) is 0 Å². The molecule has 1 unspecified atom stereocenters. The zero-order chi connectivity index (χ0) is 12.6. The molecule has 2 rings (SSSR count). The van der Waals surface area contributed by atoms with Crippen molar-refractivity contribution in [1.29, 1.82) is 0 Å². The van der Waals surface area contributed by atoms with Gasteiger partial charge in [-0.2, -0.15) is 0 Å². The molecule has 0 aromatic rings. The normalized spacial score (nSPS) is 34.3. The predicted octanol–water partition coefficient (Wildman–Crippen LogP) is 0.288. The zero-order valence-corrected chi connectivity index (χ0v) is 10.6. The summed E-state index contributed by atoms with van der Waals surface area (Å²) in [5.74, 6) is -0.722. The average Bonchev–Trinajstić information content (AvgIpc) is 2.97. The molecule has 2 aliphatic rings. The highest BCUT2D eigenvalue weighted by Crippen LogP contribution is 2.39. The summed E-state index contributed by atoms with van der Waals surface area (Å²) in [6.45, 7) is 6.00. The van der Waals surface area contributed by atoms with Gasteiger partial charge in [-0.3, -0.25) is 9.69 Å². The maximum atomic E-state index is 11.4. The number of carboxylic acid groups (broad SMARTS) is 1. The molecule has 0 amide bonds. The number of ether oxygens (including phenoxy) is 1. The summed E-state index contributed by atoms with van der Waals surface area (Å²) >= 11 is 0. The summed E-state index contributed by atoms with van der Waals surface area (Å²) in [4.78, 5) is 13.5. The van der Waals surface area contributed by atoms with E-state index in [0.717, 1.165) is 25.9 Å². The Labute approximate surface area is 102 Å². The molecule has 5 nitrogen and oxygen atoms in total. The lowest BCUT2D eigenvalue weighted by Crippen LogP contribution is -2.60. The summed E-state index contributed by atoms with van der Waals surface area (Å²) in [6.07, 6.45) is 2.18. The maximum Gasteiger partial charge on any atom is 0.325 e. The van der Waals surface area contributed by atoms with Gasteiger partial charge in [-0.1, -0.05) is 0 Å². The summed E-state index contributed by atoms with van der Waals surface area (Å²) in [5.41, 5.74) is 5.01. The van der Waals surface area contributed by atoms with Gasteiger partial charge in [-0.15, -0.1) is 0 Å². The molecule has 98 valence electrons. The molecule has 3 N–H and O–H groups in total. The highest BCUT2D eigenvalue weighted by Gasteiger charge is 2.49. The zero-order valence-electron chi connectivity index (χ0n) is 10.6. The number of carboxylic acids is 1. The smallest absolute Gasteiger partial charge is 0.325 e. The highest BCUT2D eigenvalue weighted by molar-refractivity contribution is 5.79. The molecule has 0 aromatic carbocycles. The minimum atomic E-state index is -1.07. The molecule has 1 heterocycles. The Hall–Kier alpha value is -0.650. The van der Waals surface area contributed by atoms with Crippen LogP contribution in [0.15, 0.2) is 0 Å². The van der Waals surface area contributed by atoms with E-state index in [2.05, 4.69) is 4.90 Å². The van der Waals surface area contributed by atoms with Crippen LogP contribution in [0.1, 0.15) is 26.7 Å². The van der Waals surface area contributed by atoms with Gasteiger partial charge in [0.2, 0.25) is 0 Å². The van der Waals surface area contributed by atoms with E-state index in [1.807, 2.05) is 13.8 Å². The summed E-state index contributed by atoms with van der Waals surface area (Å²) in [5, 5.41) is 9.32. The molecule has 2 fully saturated rings. The van der Waals surface area contributed by atoms with E-state index in [-0.39, 0.29) is 18.1 Å². The molecular weight excluding hydrogens is 220 g/mol. The Morgan fingerprint density at radius 2 is 1.94 bits per heavy atom. The second-order valence-electron chi connectivity index (χ2n) is 5.57. The Morgan fingerprint density at radius 3 is 2.35 bits per heavy atom. The van der Waals surface area contributed by atoms with E-state index >= 15 is 0 Å². The van der Waals surface area contributed by atoms with Crippen LogP contribution in [0.5, 0.6) is 0 Å². The van der Waals surface area contributed by atoms with E-state index in [0.29, 0.717) is 6.54 Å². The fourth-order valence-corrected chi connectivity index (χ4v) is 2.75. The molecule has 0 spiro atoms. The standard InChI is InChI=1S/C12H22N2O3/c1-8-5-14(6-9(2)17-8)7-12(13,11(15)16)10-3-4-10/h8-10H,3-7,13H2,1-2H3,(H,15,16)/t8-,9+,12?. The predicted molar refractivity (Wildman–Crippen MR) is 63.7 cm³/mol. The fourth-order valence-electron chi connectivity index (χ4n) is 2.75. The van der Waals surface area contributed by atoms with Crippen molar-refractivity contribution < 1.29 is 14.6 Å². The van der Waals surface area contributed by atoms with Crippen molar-refractivity contribution in [3.8, 4) is 0 Å². The van der Waals surface area contributed by atoms with Gasteiger partial charge in [-0.25, -0.2) is 0 Å². The van der Waals surface area contributed by atoms with Crippen molar-refractivity contribution in [2.75, 3.05) is 19.6 Å². The summed E-state index contributed by atoms with van der Waals surface area (Å²) in [6, 6.07) is 0. The van der Waals surface area contributed by atoms with E-state index in [1.165, 1.54) is 0 Å². The number of rotatable bonds is 4. The van der Waals surface area contributed by atoms with Crippen LogP contribution in [0, 0.1) is 5.92 Å². The van der Waals surface area contributed by atoms with Crippen molar-refractivity contribution in [3.63, 3.8) is 0 Å². The Morgan fingerprint density at radius 1 is 1.41 bits per heavy atom. The lowest BCUT2D eigenvalue weighted by atomic mass is 9.93. The van der Waals surface area contributed by atoms with Gasteiger partial charge >= 0.3 is 5.97 Å². The molecule has 17 heavy (non-hydrogen) atoms. The third kappa shape index (κ3) is 2.78. The molecule has 1 saturated heterocycles. The first kappa shape index (κ1) is 12.8. The van der Waals surface area contributed by atoms with Gasteiger partial charge in [0.1, 0.15) is 5.54 Å². The SMILES string of the molecule is C[C@@H]1CN(CC(N)(C(=O)O)C2CC2)C[C@H](C)O1. The number of aliphatic carboxylic acids is 1. The first-order chi connectivity index (χ1) is 7.91. The van der Waals surface area contributed by atoms with Crippen molar-refractivity contribution in [1.82, 2.24) is 4.90 Å². The summed E-state index contributed by atoms with van der Waals surface area (Å²) < 4.78 is 5.64. The molecule has 5 heteroatoms. The molecule has 1 aliphatic carbocycles. The lowest BCUT2D eigenvalue weighted by Gasteiger charge is -2.39. The molecule has 1 aliphatic heterocycles. The third-order valence-corrected chi connectivity index (χ3v) is 3.68. The van der Waals surface area contributed by atoms with Crippen LogP contribution < -0.4 is 5.73 Å². The molecule has 0 bridgehead atoms. The van der Waals surface area contributed by atoms with Gasteiger partial charge in [0.15, 0.2) is 0 Å². The monoisotopic (exact) mass is 242 g/mol. The number of nitrogens with zero attached hydrogens (tertiary/aromatic N) is 1. The van der Waals surface area contributed by atoms with Crippen LogP contribution in [0.3, 0.4) is 0 Å². The number of hydrogen-bond donors (Lipinski definition) is 2. The largest absolute Gasteiger partial charge is 0.480 e. The minimum Gasteiger partial charge on any atom is -0.480 e. The van der Waals surface area contributed by atoms with Crippen LogP contribution >= 0.6 is 0 Å². The van der Waals surface area contributed by atoms with Gasteiger partial charge in [0.25, 0.3) is 0 Å². The van der Waals surface area contributed by atoms with Crippen LogP contribution in [-0.2, 0) is 9.53 Å². The Kier molecular flexibility index (Phi) is 3.43. The Bertz CT molecular complexity index is 296. The molecule has 1 saturated carbocycles. The lowest BCUT2D eigenvalue weighted by molar-refractivity contribution is -0.147. The molecule has 3 atom stereocenters. The van der Waals surface area contributed by atoms with Crippen molar-refractivity contribution in [2.45, 2.75) is 44.4 Å².